The minimum absolute atomic E-state index is 0.487. The van der Waals surface area contributed by atoms with Crippen LogP contribution in [-0.4, -0.2) is 30.4 Å². The second-order valence-electron chi connectivity index (χ2n) is 5.47. The van der Waals surface area contributed by atoms with Gasteiger partial charge in [-0.25, -0.2) is 0 Å². The summed E-state index contributed by atoms with van der Waals surface area (Å²) < 4.78 is 0. The molecule has 2 heterocycles. The summed E-state index contributed by atoms with van der Waals surface area (Å²) in [6.07, 6.45) is 0. The van der Waals surface area contributed by atoms with Gasteiger partial charge < -0.3 is 4.90 Å². The molecule has 3 heteroatoms. The zero-order valence-electron chi connectivity index (χ0n) is 11.5. The lowest BCUT2D eigenvalue weighted by molar-refractivity contribution is 0.185. The molecule has 0 saturated carbocycles. The second kappa shape index (κ2) is 5.45. The third-order valence-electron chi connectivity index (χ3n) is 3.89. The first-order chi connectivity index (χ1) is 9.24. The quantitative estimate of drug-likeness (QED) is 0.842. The normalized spacial score (nSPS) is 16.8. The topological polar surface area (TPSA) is 6.48 Å². The standard InChI is InChI=1S/C16H20N2S/c1-17(2)16(15-7-8-19-12-15)11-18-9-13-5-3-4-6-14(13)10-18/h3-8,12,16H,9-11H2,1-2H3. The van der Waals surface area contributed by atoms with E-state index in [0.717, 1.165) is 19.6 Å². The number of rotatable bonds is 4. The van der Waals surface area contributed by atoms with E-state index in [1.54, 1.807) is 11.3 Å². The molecular weight excluding hydrogens is 252 g/mol. The molecule has 1 aromatic heterocycles. The van der Waals surface area contributed by atoms with Crippen molar-refractivity contribution in [1.29, 1.82) is 0 Å². The molecule has 100 valence electrons. The van der Waals surface area contributed by atoms with Crippen LogP contribution in [0.4, 0.5) is 0 Å². The average molecular weight is 272 g/mol. The molecule has 0 fully saturated rings. The van der Waals surface area contributed by atoms with Gasteiger partial charge in [0.05, 0.1) is 0 Å². The number of hydrogen-bond acceptors (Lipinski definition) is 3. The lowest BCUT2D eigenvalue weighted by Crippen LogP contribution is -2.31. The van der Waals surface area contributed by atoms with Crippen molar-refractivity contribution in [1.82, 2.24) is 9.80 Å². The Morgan fingerprint density at radius 3 is 2.37 bits per heavy atom. The van der Waals surface area contributed by atoms with Gasteiger partial charge in [-0.2, -0.15) is 11.3 Å². The Labute approximate surface area is 119 Å². The lowest BCUT2D eigenvalue weighted by Gasteiger charge is -2.28. The van der Waals surface area contributed by atoms with Crippen LogP contribution in [0, 0.1) is 0 Å². The lowest BCUT2D eigenvalue weighted by atomic mass is 10.1. The van der Waals surface area contributed by atoms with Gasteiger partial charge in [0.2, 0.25) is 0 Å². The van der Waals surface area contributed by atoms with E-state index in [9.17, 15) is 0 Å². The summed E-state index contributed by atoms with van der Waals surface area (Å²) in [5, 5.41) is 4.44. The highest BCUT2D eigenvalue weighted by Crippen LogP contribution is 2.27. The van der Waals surface area contributed by atoms with E-state index < -0.39 is 0 Å². The minimum Gasteiger partial charge on any atom is -0.301 e. The summed E-state index contributed by atoms with van der Waals surface area (Å²) in [6, 6.07) is 11.5. The highest BCUT2D eigenvalue weighted by molar-refractivity contribution is 7.07. The Kier molecular flexibility index (Phi) is 3.69. The number of thiophene rings is 1. The zero-order chi connectivity index (χ0) is 13.2. The molecule has 1 unspecified atom stereocenters. The number of nitrogens with zero attached hydrogens (tertiary/aromatic N) is 2. The van der Waals surface area contributed by atoms with Gasteiger partial charge in [-0.3, -0.25) is 4.90 Å². The van der Waals surface area contributed by atoms with Crippen LogP contribution in [0.15, 0.2) is 41.1 Å². The van der Waals surface area contributed by atoms with Crippen LogP contribution in [0.3, 0.4) is 0 Å². The average Bonchev–Trinajstić information content (AvgIpc) is 3.04. The highest BCUT2D eigenvalue weighted by atomic mass is 32.1. The van der Waals surface area contributed by atoms with E-state index in [4.69, 9.17) is 0 Å². The van der Waals surface area contributed by atoms with E-state index >= 15 is 0 Å². The summed E-state index contributed by atoms with van der Waals surface area (Å²) in [7, 11) is 4.34. The molecular formula is C16H20N2S. The molecule has 0 bridgehead atoms. The van der Waals surface area contributed by atoms with Gasteiger partial charge >= 0.3 is 0 Å². The van der Waals surface area contributed by atoms with Gasteiger partial charge in [-0.05, 0) is 47.6 Å². The predicted octanol–water partition coefficient (Wildman–Crippen LogP) is 3.37. The van der Waals surface area contributed by atoms with Crippen LogP contribution in [0.2, 0.25) is 0 Å². The Hall–Kier alpha value is -1.16. The van der Waals surface area contributed by atoms with Crippen LogP contribution >= 0.6 is 11.3 Å². The van der Waals surface area contributed by atoms with E-state index in [2.05, 4.69) is 65.0 Å². The first-order valence-corrected chi connectivity index (χ1v) is 7.66. The molecule has 0 N–H and O–H groups in total. The van der Waals surface area contributed by atoms with Crippen LogP contribution in [0.25, 0.3) is 0 Å². The number of benzene rings is 1. The van der Waals surface area contributed by atoms with Crippen molar-refractivity contribution in [2.24, 2.45) is 0 Å². The van der Waals surface area contributed by atoms with Crippen LogP contribution in [-0.2, 0) is 13.1 Å². The monoisotopic (exact) mass is 272 g/mol. The SMILES string of the molecule is CN(C)C(CN1Cc2ccccc2C1)c1ccsc1. The fourth-order valence-electron chi connectivity index (χ4n) is 2.81. The van der Waals surface area contributed by atoms with Crippen molar-refractivity contribution >= 4 is 11.3 Å². The predicted molar refractivity (Wildman–Crippen MR) is 81.3 cm³/mol. The summed E-state index contributed by atoms with van der Waals surface area (Å²) in [4.78, 5) is 4.87. The molecule has 2 nitrogen and oxygen atoms in total. The fraction of sp³-hybridized carbons (Fsp3) is 0.375. The third kappa shape index (κ3) is 2.73. The number of hydrogen-bond donors (Lipinski definition) is 0. The summed E-state index contributed by atoms with van der Waals surface area (Å²) in [6.45, 7) is 3.27. The molecule has 3 rings (SSSR count). The third-order valence-corrected chi connectivity index (χ3v) is 4.59. The van der Waals surface area contributed by atoms with Crippen molar-refractivity contribution < 1.29 is 0 Å². The maximum atomic E-state index is 2.55. The maximum Gasteiger partial charge on any atom is 0.0477 e. The maximum absolute atomic E-state index is 2.55. The second-order valence-corrected chi connectivity index (χ2v) is 6.25. The molecule has 2 aromatic rings. The van der Waals surface area contributed by atoms with Gasteiger partial charge in [0.15, 0.2) is 0 Å². The van der Waals surface area contributed by atoms with Crippen molar-refractivity contribution in [3.63, 3.8) is 0 Å². The molecule has 1 aromatic carbocycles. The smallest absolute Gasteiger partial charge is 0.0477 e. The molecule has 1 aliphatic rings. The summed E-state index contributed by atoms with van der Waals surface area (Å²) >= 11 is 1.79. The fourth-order valence-corrected chi connectivity index (χ4v) is 3.52. The Morgan fingerprint density at radius 2 is 1.84 bits per heavy atom. The largest absolute Gasteiger partial charge is 0.301 e. The summed E-state index contributed by atoms with van der Waals surface area (Å²) in [5.41, 5.74) is 4.42. The molecule has 0 radical (unpaired) electrons. The van der Waals surface area contributed by atoms with Crippen LogP contribution < -0.4 is 0 Å². The van der Waals surface area contributed by atoms with Crippen molar-refractivity contribution in [3.05, 3.63) is 57.8 Å². The highest BCUT2D eigenvalue weighted by Gasteiger charge is 2.23. The van der Waals surface area contributed by atoms with Crippen molar-refractivity contribution in [2.75, 3.05) is 20.6 Å². The van der Waals surface area contributed by atoms with Gasteiger partial charge in [0, 0.05) is 25.7 Å². The Bertz CT molecular complexity index is 508. The molecule has 1 aliphatic heterocycles. The molecule has 19 heavy (non-hydrogen) atoms. The van der Waals surface area contributed by atoms with Crippen LogP contribution in [0.5, 0.6) is 0 Å². The van der Waals surface area contributed by atoms with E-state index in [0.29, 0.717) is 6.04 Å². The minimum atomic E-state index is 0.487. The summed E-state index contributed by atoms with van der Waals surface area (Å²) in [5.74, 6) is 0. The van der Waals surface area contributed by atoms with Gasteiger partial charge in [-0.15, -0.1) is 0 Å². The number of fused-ring (bicyclic) bond motifs is 1. The first kappa shape index (κ1) is 12.9. The molecule has 0 spiro atoms. The molecule has 0 saturated heterocycles. The van der Waals surface area contributed by atoms with Gasteiger partial charge in [0.1, 0.15) is 0 Å². The molecule has 0 aliphatic carbocycles. The zero-order valence-corrected chi connectivity index (χ0v) is 12.4. The first-order valence-electron chi connectivity index (χ1n) is 6.71. The van der Waals surface area contributed by atoms with E-state index in [1.165, 1.54) is 16.7 Å². The molecule has 1 atom stereocenters. The van der Waals surface area contributed by atoms with Gasteiger partial charge in [-0.1, -0.05) is 24.3 Å². The van der Waals surface area contributed by atoms with Crippen molar-refractivity contribution in [2.45, 2.75) is 19.1 Å². The van der Waals surface area contributed by atoms with E-state index in [-0.39, 0.29) is 0 Å². The van der Waals surface area contributed by atoms with E-state index in [1.807, 2.05) is 0 Å². The number of likely N-dealkylation sites (N-methyl/N-ethyl adjacent to an activating group) is 1. The Morgan fingerprint density at radius 1 is 1.16 bits per heavy atom. The Balaban J connectivity index is 1.72. The van der Waals surface area contributed by atoms with Gasteiger partial charge in [0.25, 0.3) is 0 Å². The molecule has 0 amide bonds. The van der Waals surface area contributed by atoms with Crippen molar-refractivity contribution in [3.8, 4) is 0 Å². The van der Waals surface area contributed by atoms with Crippen LogP contribution in [0.1, 0.15) is 22.7 Å².